The standard InChI is InChI=1S/C23H23N7O/c1-3-5-10-21-24-23(31-15-4-2)27-30(21)16-17-11-13-18(14-12-17)19-8-6-7-9-20(19)22-25-28-29-26-22/h6-9,11-14H,3-4,15-16H2,1-2H3,(H,25,26,28,29). The molecule has 0 aliphatic carbocycles. The largest absolute Gasteiger partial charge is 0.462 e. The van der Waals surface area contributed by atoms with E-state index in [-0.39, 0.29) is 0 Å². The molecule has 4 aromatic rings. The van der Waals surface area contributed by atoms with E-state index in [1.165, 1.54) is 0 Å². The van der Waals surface area contributed by atoms with Crippen LogP contribution in [-0.2, 0) is 6.54 Å². The second kappa shape index (κ2) is 9.67. The van der Waals surface area contributed by atoms with Gasteiger partial charge in [-0.3, -0.25) is 0 Å². The molecular formula is C23H23N7O. The highest BCUT2D eigenvalue weighted by Gasteiger charge is 2.12. The predicted molar refractivity (Wildman–Crippen MR) is 117 cm³/mol. The van der Waals surface area contributed by atoms with Crippen molar-refractivity contribution < 1.29 is 4.74 Å². The molecule has 0 atom stereocenters. The number of hydrogen-bond acceptors (Lipinski definition) is 6. The molecule has 8 nitrogen and oxygen atoms in total. The first-order valence-corrected chi connectivity index (χ1v) is 10.3. The first-order valence-electron chi connectivity index (χ1n) is 10.3. The number of aromatic nitrogens is 7. The average Bonchev–Trinajstić information content (AvgIpc) is 3.47. The fourth-order valence-electron chi connectivity index (χ4n) is 3.12. The van der Waals surface area contributed by atoms with E-state index in [4.69, 9.17) is 4.74 Å². The van der Waals surface area contributed by atoms with E-state index in [1.54, 1.807) is 4.68 Å². The Labute approximate surface area is 180 Å². The molecule has 2 aromatic heterocycles. The molecule has 8 heteroatoms. The van der Waals surface area contributed by atoms with Crippen LogP contribution < -0.4 is 4.74 Å². The number of benzene rings is 2. The number of nitrogens with one attached hydrogen (secondary N) is 1. The van der Waals surface area contributed by atoms with Crippen LogP contribution in [0.2, 0.25) is 0 Å². The van der Waals surface area contributed by atoms with Gasteiger partial charge in [-0.1, -0.05) is 68.3 Å². The molecule has 0 aliphatic rings. The summed E-state index contributed by atoms with van der Waals surface area (Å²) in [6, 6.07) is 16.7. The maximum Gasteiger partial charge on any atom is 0.336 e. The highest BCUT2D eigenvalue weighted by molar-refractivity contribution is 5.80. The van der Waals surface area contributed by atoms with Gasteiger partial charge in [0.1, 0.15) is 0 Å². The van der Waals surface area contributed by atoms with Gasteiger partial charge >= 0.3 is 6.01 Å². The third-order valence-corrected chi connectivity index (χ3v) is 4.59. The summed E-state index contributed by atoms with van der Waals surface area (Å²) in [4.78, 5) is 4.42. The summed E-state index contributed by atoms with van der Waals surface area (Å²) in [6.45, 7) is 5.20. The molecule has 0 saturated heterocycles. The van der Waals surface area contributed by atoms with E-state index >= 15 is 0 Å². The molecule has 31 heavy (non-hydrogen) atoms. The van der Waals surface area contributed by atoms with E-state index < -0.39 is 0 Å². The molecule has 2 aromatic carbocycles. The van der Waals surface area contributed by atoms with Gasteiger partial charge in [0.05, 0.1) is 13.2 Å². The van der Waals surface area contributed by atoms with Crippen molar-refractivity contribution in [2.75, 3.05) is 6.61 Å². The Morgan fingerprint density at radius 2 is 1.84 bits per heavy atom. The van der Waals surface area contributed by atoms with Gasteiger partial charge < -0.3 is 4.74 Å². The van der Waals surface area contributed by atoms with Gasteiger partial charge in [-0.05, 0) is 39.5 Å². The van der Waals surface area contributed by atoms with Crippen molar-refractivity contribution in [3.8, 4) is 40.4 Å². The second-order valence-electron chi connectivity index (χ2n) is 6.87. The van der Waals surface area contributed by atoms with Gasteiger partial charge in [-0.25, -0.2) is 9.78 Å². The summed E-state index contributed by atoms with van der Waals surface area (Å²) < 4.78 is 7.38. The van der Waals surface area contributed by atoms with E-state index in [9.17, 15) is 0 Å². The molecule has 156 valence electrons. The predicted octanol–water partition coefficient (Wildman–Crippen LogP) is 3.72. The van der Waals surface area contributed by atoms with E-state index in [1.807, 2.05) is 32.0 Å². The first kappa shape index (κ1) is 20.3. The van der Waals surface area contributed by atoms with Crippen LogP contribution in [0.3, 0.4) is 0 Å². The Morgan fingerprint density at radius 3 is 2.55 bits per heavy atom. The number of tetrazole rings is 1. The van der Waals surface area contributed by atoms with Crippen molar-refractivity contribution in [3.63, 3.8) is 0 Å². The molecule has 1 N–H and O–H groups in total. The zero-order valence-corrected chi connectivity index (χ0v) is 17.5. The first-order chi connectivity index (χ1) is 15.3. The van der Waals surface area contributed by atoms with Crippen LogP contribution in [0.1, 0.15) is 38.1 Å². The van der Waals surface area contributed by atoms with E-state index in [0.717, 1.165) is 35.1 Å². The zero-order chi connectivity index (χ0) is 21.5. The minimum absolute atomic E-state index is 0.369. The van der Waals surface area contributed by atoms with Crippen LogP contribution in [0, 0.1) is 11.8 Å². The Hall–Kier alpha value is -3.99. The molecule has 0 aliphatic heterocycles. The molecule has 0 spiro atoms. The van der Waals surface area contributed by atoms with E-state index in [0.29, 0.717) is 30.8 Å². The highest BCUT2D eigenvalue weighted by atomic mass is 16.5. The summed E-state index contributed by atoms with van der Waals surface area (Å²) in [6.07, 6.45) is 1.66. The van der Waals surface area contributed by atoms with Gasteiger partial charge in [-0.15, -0.1) is 10.2 Å². The SMILES string of the molecule is CCC#Cc1nc(OCCC)nn1Cc1ccc(-c2ccccc2-c2nnn[nH]2)cc1. The van der Waals surface area contributed by atoms with Crippen LogP contribution in [0.4, 0.5) is 0 Å². The Bertz CT molecular complexity index is 1180. The molecule has 2 heterocycles. The number of ether oxygens (including phenoxy) is 1. The lowest BCUT2D eigenvalue weighted by Crippen LogP contribution is -2.05. The molecule has 0 saturated carbocycles. The van der Waals surface area contributed by atoms with Crippen LogP contribution in [0.25, 0.3) is 22.5 Å². The molecule has 0 radical (unpaired) electrons. The Balaban J connectivity index is 1.58. The van der Waals surface area contributed by atoms with E-state index in [2.05, 4.69) is 72.9 Å². The average molecular weight is 413 g/mol. The van der Waals surface area contributed by atoms with Crippen molar-refractivity contribution >= 4 is 0 Å². The lowest BCUT2D eigenvalue weighted by molar-refractivity contribution is 0.291. The van der Waals surface area contributed by atoms with Crippen molar-refractivity contribution in [3.05, 3.63) is 59.9 Å². The van der Waals surface area contributed by atoms with Crippen molar-refractivity contribution in [1.82, 2.24) is 35.4 Å². The monoisotopic (exact) mass is 413 g/mol. The van der Waals surface area contributed by atoms with Crippen LogP contribution in [0.15, 0.2) is 48.5 Å². The molecule has 0 amide bonds. The summed E-state index contributed by atoms with van der Waals surface area (Å²) in [5, 5.41) is 18.7. The molecule has 4 rings (SSSR count). The topological polar surface area (TPSA) is 94.4 Å². The molecule has 0 unspecified atom stereocenters. The summed E-state index contributed by atoms with van der Waals surface area (Å²) >= 11 is 0. The summed E-state index contributed by atoms with van der Waals surface area (Å²) in [7, 11) is 0. The smallest absolute Gasteiger partial charge is 0.336 e. The minimum Gasteiger partial charge on any atom is -0.462 e. The van der Waals surface area contributed by atoms with Crippen molar-refractivity contribution in [1.29, 1.82) is 0 Å². The number of H-pyrrole nitrogens is 1. The van der Waals surface area contributed by atoms with Gasteiger partial charge in [0.25, 0.3) is 0 Å². The number of aromatic amines is 1. The number of hydrogen-bond donors (Lipinski definition) is 1. The minimum atomic E-state index is 0.369. The van der Waals surface area contributed by atoms with Gasteiger partial charge in [0, 0.05) is 12.0 Å². The normalized spacial score (nSPS) is 10.5. The fourth-order valence-corrected chi connectivity index (χ4v) is 3.12. The van der Waals surface area contributed by atoms with Crippen LogP contribution in [-0.4, -0.2) is 42.0 Å². The lowest BCUT2D eigenvalue weighted by Gasteiger charge is -2.08. The number of nitrogens with zero attached hydrogens (tertiary/aromatic N) is 6. The molecular weight excluding hydrogens is 390 g/mol. The van der Waals surface area contributed by atoms with Crippen molar-refractivity contribution in [2.45, 2.75) is 33.2 Å². The third-order valence-electron chi connectivity index (χ3n) is 4.59. The second-order valence-corrected chi connectivity index (χ2v) is 6.87. The Morgan fingerprint density at radius 1 is 1.03 bits per heavy atom. The fraction of sp³-hybridized carbons (Fsp3) is 0.261. The summed E-state index contributed by atoms with van der Waals surface area (Å²) in [5.74, 6) is 7.39. The maximum atomic E-state index is 5.59. The quantitative estimate of drug-likeness (QED) is 0.464. The zero-order valence-electron chi connectivity index (χ0n) is 17.5. The third kappa shape index (κ3) is 4.78. The van der Waals surface area contributed by atoms with Crippen LogP contribution in [0.5, 0.6) is 6.01 Å². The maximum absolute atomic E-state index is 5.59. The molecule has 0 fully saturated rings. The van der Waals surface area contributed by atoms with Gasteiger partial charge in [-0.2, -0.15) is 4.98 Å². The number of rotatable bonds is 7. The summed E-state index contributed by atoms with van der Waals surface area (Å²) in [5.41, 5.74) is 4.17. The van der Waals surface area contributed by atoms with Gasteiger partial charge in [0.15, 0.2) is 5.82 Å². The van der Waals surface area contributed by atoms with Crippen molar-refractivity contribution in [2.24, 2.45) is 0 Å². The lowest BCUT2D eigenvalue weighted by atomic mass is 9.98. The Kier molecular flexibility index (Phi) is 6.33. The van der Waals surface area contributed by atoms with Crippen LogP contribution >= 0.6 is 0 Å². The highest BCUT2D eigenvalue weighted by Crippen LogP contribution is 2.29. The van der Waals surface area contributed by atoms with Gasteiger partial charge in [0.2, 0.25) is 5.82 Å². The molecule has 0 bridgehead atoms.